The van der Waals surface area contributed by atoms with Gasteiger partial charge in [0.05, 0.1) is 4.92 Å². The van der Waals surface area contributed by atoms with E-state index in [2.05, 4.69) is 4.90 Å². The molecule has 1 aliphatic rings. The molecule has 1 aliphatic heterocycles. The number of nitro benzene ring substituents is 1. The van der Waals surface area contributed by atoms with Crippen molar-refractivity contribution < 1.29 is 4.92 Å². The zero-order valence-electron chi connectivity index (χ0n) is 9.00. The summed E-state index contributed by atoms with van der Waals surface area (Å²) in [5.41, 5.74) is 6.69. The van der Waals surface area contributed by atoms with Crippen LogP contribution in [0.1, 0.15) is 6.42 Å². The summed E-state index contributed by atoms with van der Waals surface area (Å²) in [5.74, 6) is 0.513. The summed E-state index contributed by atoms with van der Waals surface area (Å²) in [5, 5.41) is 10.7. The lowest BCUT2D eigenvalue weighted by Gasteiger charge is -2.17. The number of anilines is 1. The number of hydrogen-bond donors (Lipinski definition) is 1. The van der Waals surface area contributed by atoms with Crippen molar-refractivity contribution in [1.82, 2.24) is 0 Å². The molecule has 0 aliphatic carbocycles. The number of hydrogen-bond acceptors (Lipinski definition) is 4. The number of non-ortho nitro benzene ring substituents is 1. The first-order valence-corrected chi connectivity index (χ1v) is 5.40. The second kappa shape index (κ2) is 4.49. The molecule has 2 N–H and O–H groups in total. The molecular formula is C11H15N3O2. The van der Waals surface area contributed by atoms with Crippen LogP contribution in [0, 0.1) is 16.0 Å². The minimum atomic E-state index is -0.361. The number of nitro groups is 1. The summed E-state index contributed by atoms with van der Waals surface area (Å²) in [6.07, 6.45) is 1.07. The van der Waals surface area contributed by atoms with Crippen LogP contribution < -0.4 is 10.6 Å². The van der Waals surface area contributed by atoms with Crippen LogP contribution in [-0.4, -0.2) is 24.6 Å². The maximum Gasteiger partial charge on any atom is 0.271 e. The van der Waals surface area contributed by atoms with E-state index in [-0.39, 0.29) is 10.6 Å². The molecule has 0 amide bonds. The van der Waals surface area contributed by atoms with E-state index >= 15 is 0 Å². The Hall–Kier alpha value is -1.62. The standard InChI is InChI=1S/C11H15N3O2/c12-7-9-4-5-13(8-9)10-2-1-3-11(6-10)14(15)16/h1-3,6,9H,4-5,7-8,12H2. The van der Waals surface area contributed by atoms with E-state index in [9.17, 15) is 10.1 Å². The molecule has 0 aromatic heterocycles. The van der Waals surface area contributed by atoms with Crippen LogP contribution >= 0.6 is 0 Å². The van der Waals surface area contributed by atoms with Gasteiger partial charge in [-0.15, -0.1) is 0 Å². The Morgan fingerprint density at radius 2 is 2.38 bits per heavy atom. The fourth-order valence-corrected chi connectivity index (χ4v) is 2.06. The number of nitrogens with zero attached hydrogens (tertiary/aromatic N) is 2. The largest absolute Gasteiger partial charge is 0.371 e. The molecule has 5 heteroatoms. The van der Waals surface area contributed by atoms with E-state index in [1.165, 1.54) is 6.07 Å². The molecule has 1 unspecified atom stereocenters. The van der Waals surface area contributed by atoms with Crippen molar-refractivity contribution in [2.45, 2.75) is 6.42 Å². The molecule has 0 spiro atoms. The van der Waals surface area contributed by atoms with Crippen molar-refractivity contribution >= 4 is 11.4 Å². The Balaban J connectivity index is 2.15. The molecule has 0 saturated carbocycles. The molecular weight excluding hydrogens is 206 g/mol. The van der Waals surface area contributed by atoms with E-state index in [4.69, 9.17) is 5.73 Å². The third-order valence-electron chi connectivity index (χ3n) is 3.02. The Labute approximate surface area is 94.0 Å². The lowest BCUT2D eigenvalue weighted by Crippen LogP contribution is -2.22. The summed E-state index contributed by atoms with van der Waals surface area (Å²) < 4.78 is 0. The van der Waals surface area contributed by atoms with Gasteiger partial charge >= 0.3 is 0 Å². The fourth-order valence-electron chi connectivity index (χ4n) is 2.06. The maximum atomic E-state index is 10.7. The van der Waals surface area contributed by atoms with Gasteiger partial charge in [-0.2, -0.15) is 0 Å². The van der Waals surface area contributed by atoms with Crippen LogP contribution in [0.15, 0.2) is 24.3 Å². The van der Waals surface area contributed by atoms with Crippen molar-refractivity contribution in [3.05, 3.63) is 34.4 Å². The molecule has 16 heavy (non-hydrogen) atoms. The molecule has 5 nitrogen and oxygen atoms in total. The summed E-state index contributed by atoms with van der Waals surface area (Å²) >= 11 is 0. The topological polar surface area (TPSA) is 72.4 Å². The zero-order chi connectivity index (χ0) is 11.5. The zero-order valence-corrected chi connectivity index (χ0v) is 9.00. The van der Waals surface area contributed by atoms with Crippen molar-refractivity contribution in [3.63, 3.8) is 0 Å². The average Bonchev–Trinajstić information content (AvgIpc) is 2.77. The predicted octanol–water partition coefficient (Wildman–Crippen LogP) is 1.38. The van der Waals surface area contributed by atoms with Gasteiger partial charge in [-0.25, -0.2) is 0 Å². The van der Waals surface area contributed by atoms with Gasteiger partial charge in [-0.1, -0.05) is 6.07 Å². The Bertz CT molecular complexity index is 395. The second-order valence-corrected chi connectivity index (χ2v) is 4.11. The van der Waals surface area contributed by atoms with Gasteiger partial charge in [0.2, 0.25) is 0 Å². The van der Waals surface area contributed by atoms with Crippen LogP contribution in [0.5, 0.6) is 0 Å². The van der Waals surface area contributed by atoms with E-state index in [1.54, 1.807) is 12.1 Å². The van der Waals surface area contributed by atoms with Gasteiger partial charge in [0.15, 0.2) is 0 Å². The highest BCUT2D eigenvalue weighted by molar-refractivity contribution is 5.53. The molecule has 1 heterocycles. The molecule has 1 atom stereocenters. The first-order chi connectivity index (χ1) is 7.70. The average molecular weight is 221 g/mol. The highest BCUT2D eigenvalue weighted by Crippen LogP contribution is 2.26. The Morgan fingerprint density at radius 1 is 1.56 bits per heavy atom. The normalized spacial score (nSPS) is 20.1. The molecule has 86 valence electrons. The van der Waals surface area contributed by atoms with Crippen molar-refractivity contribution in [2.75, 3.05) is 24.5 Å². The molecule has 2 rings (SSSR count). The summed E-state index contributed by atoms with van der Waals surface area (Å²) in [7, 11) is 0. The van der Waals surface area contributed by atoms with Crippen molar-refractivity contribution in [1.29, 1.82) is 0 Å². The quantitative estimate of drug-likeness (QED) is 0.618. The van der Waals surface area contributed by atoms with Crippen LogP contribution in [0.25, 0.3) is 0 Å². The smallest absolute Gasteiger partial charge is 0.271 e. The molecule has 0 radical (unpaired) electrons. The highest BCUT2D eigenvalue weighted by atomic mass is 16.6. The minimum Gasteiger partial charge on any atom is -0.371 e. The maximum absolute atomic E-state index is 10.7. The van der Waals surface area contributed by atoms with Crippen LogP contribution in [-0.2, 0) is 0 Å². The number of nitrogens with two attached hydrogens (primary N) is 1. The van der Waals surface area contributed by atoms with E-state index < -0.39 is 0 Å². The fraction of sp³-hybridized carbons (Fsp3) is 0.455. The Morgan fingerprint density at radius 3 is 3.00 bits per heavy atom. The van der Waals surface area contributed by atoms with Gasteiger partial charge in [-0.05, 0) is 24.9 Å². The molecule has 1 saturated heterocycles. The SMILES string of the molecule is NCC1CCN(c2cccc([N+](=O)[O-])c2)C1. The molecule has 1 aromatic rings. The molecule has 0 bridgehead atoms. The number of rotatable bonds is 3. The van der Waals surface area contributed by atoms with Crippen molar-refractivity contribution in [2.24, 2.45) is 11.7 Å². The third kappa shape index (κ3) is 2.14. The van der Waals surface area contributed by atoms with E-state index in [0.717, 1.165) is 25.2 Å². The molecule has 1 fully saturated rings. The van der Waals surface area contributed by atoms with Crippen LogP contribution in [0.3, 0.4) is 0 Å². The van der Waals surface area contributed by atoms with Gasteiger partial charge < -0.3 is 10.6 Å². The first kappa shape index (κ1) is 10.9. The second-order valence-electron chi connectivity index (χ2n) is 4.11. The highest BCUT2D eigenvalue weighted by Gasteiger charge is 2.22. The predicted molar refractivity (Wildman–Crippen MR) is 62.5 cm³/mol. The monoisotopic (exact) mass is 221 g/mol. The summed E-state index contributed by atoms with van der Waals surface area (Å²) in [6.45, 7) is 2.52. The first-order valence-electron chi connectivity index (χ1n) is 5.40. The van der Waals surface area contributed by atoms with Crippen LogP contribution in [0.2, 0.25) is 0 Å². The van der Waals surface area contributed by atoms with Gasteiger partial charge in [0.25, 0.3) is 5.69 Å². The summed E-state index contributed by atoms with van der Waals surface area (Å²) in [6, 6.07) is 6.77. The Kier molecular flexibility index (Phi) is 3.05. The van der Waals surface area contributed by atoms with Gasteiger partial charge in [0.1, 0.15) is 0 Å². The summed E-state index contributed by atoms with van der Waals surface area (Å²) in [4.78, 5) is 12.5. The number of benzene rings is 1. The van der Waals surface area contributed by atoms with Crippen molar-refractivity contribution in [3.8, 4) is 0 Å². The van der Waals surface area contributed by atoms with E-state index in [0.29, 0.717) is 12.5 Å². The lowest BCUT2D eigenvalue weighted by molar-refractivity contribution is -0.384. The minimum absolute atomic E-state index is 0.147. The van der Waals surface area contributed by atoms with Gasteiger partial charge in [-0.3, -0.25) is 10.1 Å². The van der Waals surface area contributed by atoms with E-state index in [1.807, 2.05) is 6.07 Å². The lowest BCUT2D eigenvalue weighted by atomic mass is 10.1. The molecule has 1 aromatic carbocycles. The third-order valence-corrected chi connectivity index (χ3v) is 3.02. The van der Waals surface area contributed by atoms with Gasteiger partial charge in [0, 0.05) is 30.9 Å². The van der Waals surface area contributed by atoms with Crippen LogP contribution in [0.4, 0.5) is 11.4 Å².